The number of carboxylic acid groups (broad SMARTS) is 1. The fourth-order valence-corrected chi connectivity index (χ4v) is 3.90. The number of likely N-dealkylation sites (tertiary alicyclic amines) is 1. The van der Waals surface area contributed by atoms with Crippen LogP contribution in [0.2, 0.25) is 0 Å². The standard InChI is InChI=1S/C16H18N2O4S/c19-14(17-7-3-4-11(8-17)16(21)22)9-18-12-5-1-2-6-13(12)23-10-15(18)20/h1-2,5-6,11H,3-4,7-10H2,(H,21,22)/t11-/m0/s1. The van der Waals surface area contributed by atoms with Crippen LogP contribution in [0.15, 0.2) is 29.2 Å². The van der Waals surface area contributed by atoms with Gasteiger partial charge in [0, 0.05) is 18.0 Å². The summed E-state index contributed by atoms with van der Waals surface area (Å²) in [5.74, 6) is -1.33. The van der Waals surface area contributed by atoms with Gasteiger partial charge >= 0.3 is 5.97 Å². The Morgan fingerprint density at radius 1 is 1.30 bits per heavy atom. The van der Waals surface area contributed by atoms with Crippen LogP contribution in [0, 0.1) is 5.92 Å². The molecular weight excluding hydrogens is 316 g/mol. The quantitative estimate of drug-likeness (QED) is 0.905. The number of hydrogen-bond donors (Lipinski definition) is 1. The number of carbonyl (C=O) groups is 3. The molecule has 6 nitrogen and oxygen atoms in total. The van der Waals surface area contributed by atoms with E-state index in [0.717, 1.165) is 10.6 Å². The Labute approximate surface area is 138 Å². The molecule has 1 aromatic carbocycles. The van der Waals surface area contributed by atoms with Crippen molar-refractivity contribution in [3.05, 3.63) is 24.3 Å². The molecule has 2 aliphatic rings. The highest BCUT2D eigenvalue weighted by molar-refractivity contribution is 8.00. The highest BCUT2D eigenvalue weighted by atomic mass is 32.2. The lowest BCUT2D eigenvalue weighted by atomic mass is 9.98. The van der Waals surface area contributed by atoms with E-state index in [-0.39, 0.29) is 24.9 Å². The van der Waals surface area contributed by atoms with Crippen molar-refractivity contribution in [3.63, 3.8) is 0 Å². The van der Waals surface area contributed by atoms with Gasteiger partial charge in [0.05, 0.1) is 17.4 Å². The molecule has 0 aliphatic carbocycles. The van der Waals surface area contributed by atoms with E-state index in [1.54, 1.807) is 4.90 Å². The predicted molar refractivity (Wildman–Crippen MR) is 86.5 cm³/mol. The zero-order valence-electron chi connectivity index (χ0n) is 12.6. The largest absolute Gasteiger partial charge is 0.481 e. The topological polar surface area (TPSA) is 77.9 Å². The lowest BCUT2D eigenvalue weighted by Gasteiger charge is -2.34. The number of aliphatic carboxylic acids is 1. The van der Waals surface area contributed by atoms with Crippen molar-refractivity contribution in [1.82, 2.24) is 4.90 Å². The van der Waals surface area contributed by atoms with Crippen molar-refractivity contribution in [1.29, 1.82) is 0 Å². The Morgan fingerprint density at radius 3 is 2.87 bits per heavy atom. The molecule has 0 saturated carbocycles. The maximum atomic E-state index is 12.5. The van der Waals surface area contributed by atoms with Gasteiger partial charge in [-0.05, 0) is 25.0 Å². The average molecular weight is 334 g/mol. The number of nitrogens with zero attached hydrogens (tertiary/aromatic N) is 2. The van der Waals surface area contributed by atoms with Gasteiger partial charge in [0.2, 0.25) is 11.8 Å². The molecule has 7 heteroatoms. The minimum atomic E-state index is -0.863. The highest BCUT2D eigenvalue weighted by Gasteiger charge is 2.31. The van der Waals surface area contributed by atoms with E-state index in [9.17, 15) is 14.4 Å². The number of para-hydroxylation sites is 1. The number of anilines is 1. The number of rotatable bonds is 3. The van der Waals surface area contributed by atoms with Crippen LogP contribution in [0.1, 0.15) is 12.8 Å². The third-order valence-electron chi connectivity index (χ3n) is 4.22. The lowest BCUT2D eigenvalue weighted by Crippen LogP contribution is -2.48. The van der Waals surface area contributed by atoms with E-state index < -0.39 is 11.9 Å². The molecule has 122 valence electrons. The van der Waals surface area contributed by atoms with Crippen LogP contribution < -0.4 is 4.90 Å². The molecule has 1 aromatic rings. The fourth-order valence-electron chi connectivity index (χ4n) is 2.97. The number of amides is 2. The first-order chi connectivity index (χ1) is 11.1. The van der Waals surface area contributed by atoms with E-state index in [0.29, 0.717) is 25.1 Å². The highest BCUT2D eigenvalue weighted by Crippen LogP contribution is 2.34. The van der Waals surface area contributed by atoms with Crippen LogP contribution in [0.4, 0.5) is 5.69 Å². The average Bonchev–Trinajstić information content (AvgIpc) is 2.57. The van der Waals surface area contributed by atoms with Gasteiger partial charge in [-0.25, -0.2) is 0 Å². The molecule has 1 N–H and O–H groups in total. The molecule has 0 unspecified atom stereocenters. The Balaban J connectivity index is 1.72. The number of benzene rings is 1. The summed E-state index contributed by atoms with van der Waals surface area (Å²) in [6.45, 7) is 0.760. The predicted octanol–water partition coefficient (Wildman–Crippen LogP) is 1.45. The minimum absolute atomic E-state index is 0.0251. The molecule has 1 saturated heterocycles. The first kappa shape index (κ1) is 15.9. The molecule has 23 heavy (non-hydrogen) atoms. The second-order valence-corrected chi connectivity index (χ2v) is 6.77. The number of fused-ring (bicyclic) bond motifs is 1. The van der Waals surface area contributed by atoms with Crippen LogP contribution in [-0.2, 0) is 14.4 Å². The second kappa shape index (κ2) is 6.62. The van der Waals surface area contributed by atoms with Crippen LogP contribution in [0.3, 0.4) is 0 Å². The summed E-state index contributed by atoms with van der Waals surface area (Å²) >= 11 is 1.47. The summed E-state index contributed by atoms with van der Waals surface area (Å²) in [6, 6.07) is 7.52. The van der Waals surface area contributed by atoms with Crippen molar-refractivity contribution in [3.8, 4) is 0 Å². The number of piperidine rings is 1. The summed E-state index contributed by atoms with van der Waals surface area (Å²) < 4.78 is 0. The third-order valence-corrected chi connectivity index (χ3v) is 5.27. The smallest absolute Gasteiger partial charge is 0.308 e. The van der Waals surface area contributed by atoms with Crippen LogP contribution in [0.25, 0.3) is 0 Å². The van der Waals surface area contributed by atoms with Gasteiger partial charge in [0.1, 0.15) is 6.54 Å². The van der Waals surface area contributed by atoms with E-state index in [4.69, 9.17) is 5.11 Å². The Hall–Kier alpha value is -2.02. The third kappa shape index (κ3) is 3.34. The molecule has 0 aromatic heterocycles. The summed E-state index contributed by atoms with van der Waals surface area (Å²) in [4.78, 5) is 39.9. The Morgan fingerprint density at radius 2 is 2.09 bits per heavy atom. The number of hydrogen-bond acceptors (Lipinski definition) is 4. The molecule has 2 heterocycles. The zero-order chi connectivity index (χ0) is 16.4. The van der Waals surface area contributed by atoms with Crippen LogP contribution in [0.5, 0.6) is 0 Å². The van der Waals surface area contributed by atoms with Gasteiger partial charge in [-0.3, -0.25) is 14.4 Å². The molecule has 2 aliphatic heterocycles. The van der Waals surface area contributed by atoms with E-state index in [2.05, 4.69) is 0 Å². The van der Waals surface area contributed by atoms with Gasteiger partial charge in [-0.2, -0.15) is 0 Å². The van der Waals surface area contributed by atoms with Crippen molar-refractivity contribution < 1.29 is 19.5 Å². The van der Waals surface area contributed by atoms with E-state index in [1.165, 1.54) is 16.7 Å². The van der Waals surface area contributed by atoms with Crippen LogP contribution in [-0.4, -0.2) is 53.2 Å². The number of carbonyl (C=O) groups excluding carboxylic acids is 2. The molecule has 0 spiro atoms. The molecular formula is C16H18N2O4S. The summed E-state index contributed by atoms with van der Waals surface area (Å²) in [6.07, 6.45) is 1.28. The Bertz CT molecular complexity index is 649. The summed E-state index contributed by atoms with van der Waals surface area (Å²) in [5.41, 5.74) is 0.758. The van der Waals surface area contributed by atoms with Crippen molar-refractivity contribution in [2.45, 2.75) is 17.7 Å². The minimum Gasteiger partial charge on any atom is -0.481 e. The van der Waals surface area contributed by atoms with Gasteiger partial charge < -0.3 is 14.9 Å². The second-order valence-electron chi connectivity index (χ2n) is 5.75. The van der Waals surface area contributed by atoms with E-state index >= 15 is 0 Å². The fraction of sp³-hybridized carbons (Fsp3) is 0.438. The van der Waals surface area contributed by atoms with Crippen LogP contribution >= 0.6 is 11.8 Å². The van der Waals surface area contributed by atoms with Gasteiger partial charge in [0.15, 0.2) is 0 Å². The normalized spacial score (nSPS) is 21.0. The first-order valence-electron chi connectivity index (χ1n) is 7.59. The molecule has 0 bridgehead atoms. The molecule has 2 amide bonds. The molecule has 3 rings (SSSR count). The monoisotopic (exact) mass is 334 g/mol. The van der Waals surface area contributed by atoms with Crippen molar-refractivity contribution in [2.75, 3.05) is 30.3 Å². The summed E-state index contributed by atoms with van der Waals surface area (Å²) in [7, 11) is 0. The van der Waals surface area contributed by atoms with Gasteiger partial charge in [0.25, 0.3) is 0 Å². The van der Waals surface area contributed by atoms with E-state index in [1.807, 2.05) is 24.3 Å². The Kier molecular flexibility index (Phi) is 4.56. The maximum Gasteiger partial charge on any atom is 0.308 e. The van der Waals surface area contributed by atoms with Gasteiger partial charge in [-0.15, -0.1) is 11.8 Å². The van der Waals surface area contributed by atoms with Crippen molar-refractivity contribution >= 4 is 35.2 Å². The molecule has 1 fully saturated rings. The molecule has 1 atom stereocenters. The summed E-state index contributed by atoms with van der Waals surface area (Å²) in [5, 5.41) is 9.13. The first-order valence-corrected chi connectivity index (χ1v) is 8.57. The SMILES string of the molecule is O=C(O)[C@H]1CCCN(C(=O)CN2C(=O)CSc3ccccc32)C1. The maximum absolute atomic E-state index is 12.5. The van der Waals surface area contributed by atoms with Crippen molar-refractivity contribution in [2.24, 2.45) is 5.92 Å². The van der Waals surface area contributed by atoms with Gasteiger partial charge in [-0.1, -0.05) is 12.1 Å². The number of carboxylic acids is 1. The number of thioether (sulfide) groups is 1. The zero-order valence-corrected chi connectivity index (χ0v) is 13.4. The lowest BCUT2D eigenvalue weighted by molar-refractivity contribution is -0.145. The molecule has 0 radical (unpaired) electrons.